The van der Waals surface area contributed by atoms with Crippen LogP contribution in [0.2, 0.25) is 5.02 Å². The summed E-state index contributed by atoms with van der Waals surface area (Å²) in [6.07, 6.45) is -4.64. The topological polar surface area (TPSA) is 65.2 Å². The molecule has 6 nitrogen and oxygen atoms in total. The van der Waals surface area contributed by atoms with Crippen LogP contribution in [0.15, 0.2) is 24.3 Å². The largest absolute Gasteiger partial charge is 0.494 e. The van der Waals surface area contributed by atoms with Gasteiger partial charge in [0, 0.05) is 5.39 Å². The van der Waals surface area contributed by atoms with Gasteiger partial charge in [0.15, 0.2) is 5.01 Å². The Morgan fingerprint density at radius 3 is 2.68 bits per heavy atom. The highest BCUT2D eigenvalue weighted by atomic mass is 35.5. The molecule has 0 spiro atoms. The number of fused-ring (bicyclic) bond motifs is 2. The van der Waals surface area contributed by atoms with Gasteiger partial charge >= 0.3 is 6.18 Å². The van der Waals surface area contributed by atoms with E-state index in [1.807, 2.05) is 0 Å². The summed E-state index contributed by atoms with van der Waals surface area (Å²) in [6, 6.07) is 6.70. The Hall–Kier alpha value is -2.46. The minimum absolute atomic E-state index is 0.0299. The van der Waals surface area contributed by atoms with Crippen molar-refractivity contribution < 1.29 is 17.9 Å². The number of aromatic nitrogens is 5. The molecular weight excluding hydrogens is 379 g/mol. The normalized spacial score (nSPS) is 12.2. The van der Waals surface area contributed by atoms with Crippen LogP contribution in [0, 0.1) is 0 Å². The van der Waals surface area contributed by atoms with Crippen LogP contribution in [0.4, 0.5) is 13.2 Å². The molecule has 0 fully saturated rings. The number of methoxy groups -OCH3 is 1. The number of hydrogen-bond donors (Lipinski definition) is 0. The highest BCUT2D eigenvalue weighted by Gasteiger charge is 2.38. The summed E-state index contributed by atoms with van der Waals surface area (Å²) in [7, 11) is 1.50. The van der Waals surface area contributed by atoms with Gasteiger partial charge in [0.25, 0.3) is 5.82 Å². The monoisotopic (exact) mass is 385 g/mol. The van der Waals surface area contributed by atoms with Gasteiger partial charge in [-0.15, -0.1) is 10.2 Å². The fourth-order valence-corrected chi connectivity index (χ4v) is 3.36. The van der Waals surface area contributed by atoms with Crippen LogP contribution in [0.25, 0.3) is 26.6 Å². The average molecular weight is 386 g/mol. The second kappa shape index (κ2) is 5.53. The first-order valence-corrected chi connectivity index (χ1v) is 8.01. The molecule has 0 aliphatic heterocycles. The summed E-state index contributed by atoms with van der Waals surface area (Å²) < 4.78 is 44.7. The molecule has 3 aromatic heterocycles. The number of alkyl halides is 3. The Balaban J connectivity index is 1.90. The summed E-state index contributed by atoms with van der Waals surface area (Å²) in [6.45, 7) is 0. The van der Waals surface area contributed by atoms with Gasteiger partial charge in [-0.25, -0.2) is 4.98 Å². The van der Waals surface area contributed by atoms with Crippen molar-refractivity contribution in [2.24, 2.45) is 0 Å². The Labute approximate surface area is 146 Å². The molecule has 0 aliphatic carbocycles. The van der Waals surface area contributed by atoms with Gasteiger partial charge in [-0.1, -0.05) is 22.9 Å². The van der Waals surface area contributed by atoms with Gasteiger partial charge in [-0.2, -0.15) is 22.8 Å². The van der Waals surface area contributed by atoms with Crippen LogP contribution in [0.3, 0.4) is 0 Å². The number of rotatable bonds is 2. The fourth-order valence-electron chi connectivity index (χ4n) is 2.34. The van der Waals surface area contributed by atoms with Gasteiger partial charge in [0.05, 0.1) is 12.1 Å². The molecule has 3 heterocycles. The van der Waals surface area contributed by atoms with E-state index in [0.29, 0.717) is 31.9 Å². The predicted molar refractivity (Wildman–Crippen MR) is 86.0 cm³/mol. The van der Waals surface area contributed by atoms with Gasteiger partial charge in [-0.3, -0.25) is 0 Å². The second-order valence-electron chi connectivity index (χ2n) is 4.97. The SMILES string of the molecule is COc1ccc(Cl)c2ccc(-c3nn4c(C(F)(F)F)nnc4s3)nc12. The van der Waals surface area contributed by atoms with Crippen molar-refractivity contribution >= 4 is 38.8 Å². The van der Waals surface area contributed by atoms with Crippen molar-refractivity contribution in [3.8, 4) is 16.5 Å². The first-order valence-electron chi connectivity index (χ1n) is 6.81. The highest BCUT2D eigenvalue weighted by molar-refractivity contribution is 7.19. The molecule has 0 N–H and O–H groups in total. The summed E-state index contributed by atoms with van der Waals surface area (Å²) in [5.74, 6) is -0.674. The molecule has 4 rings (SSSR count). The maximum atomic E-state index is 12.9. The van der Waals surface area contributed by atoms with Crippen LogP contribution in [-0.4, -0.2) is 31.9 Å². The molecule has 0 amide bonds. The lowest BCUT2D eigenvalue weighted by atomic mass is 10.2. The molecule has 0 unspecified atom stereocenters. The van der Waals surface area contributed by atoms with E-state index in [9.17, 15) is 13.2 Å². The maximum absolute atomic E-state index is 12.9. The van der Waals surface area contributed by atoms with Crippen LogP contribution in [0.1, 0.15) is 5.82 Å². The van der Waals surface area contributed by atoms with E-state index in [0.717, 1.165) is 11.3 Å². The number of ether oxygens (including phenoxy) is 1. The highest BCUT2D eigenvalue weighted by Crippen LogP contribution is 2.34. The number of halogens is 4. The molecule has 0 atom stereocenters. The summed E-state index contributed by atoms with van der Waals surface area (Å²) >= 11 is 7.10. The maximum Gasteiger partial charge on any atom is 0.453 e. The van der Waals surface area contributed by atoms with E-state index >= 15 is 0 Å². The minimum Gasteiger partial charge on any atom is -0.494 e. The number of benzene rings is 1. The molecule has 128 valence electrons. The lowest BCUT2D eigenvalue weighted by Crippen LogP contribution is -2.11. The van der Waals surface area contributed by atoms with Gasteiger partial charge < -0.3 is 4.74 Å². The zero-order chi connectivity index (χ0) is 17.8. The van der Waals surface area contributed by atoms with Crippen LogP contribution < -0.4 is 4.74 Å². The van der Waals surface area contributed by atoms with Gasteiger partial charge in [0.1, 0.15) is 17.0 Å². The average Bonchev–Trinajstić information content (AvgIpc) is 3.14. The molecule has 0 radical (unpaired) electrons. The first kappa shape index (κ1) is 16.0. The zero-order valence-electron chi connectivity index (χ0n) is 12.4. The Bertz CT molecular complexity index is 1110. The van der Waals surface area contributed by atoms with Crippen LogP contribution in [0.5, 0.6) is 5.75 Å². The predicted octanol–water partition coefficient (Wildman–Crippen LogP) is 4.08. The van der Waals surface area contributed by atoms with E-state index in [4.69, 9.17) is 16.3 Å². The third kappa shape index (κ3) is 2.57. The van der Waals surface area contributed by atoms with Crippen molar-refractivity contribution in [1.82, 2.24) is 24.8 Å². The van der Waals surface area contributed by atoms with Crippen molar-refractivity contribution in [3.63, 3.8) is 0 Å². The molecule has 0 saturated heterocycles. The van der Waals surface area contributed by atoms with Crippen LogP contribution >= 0.6 is 22.9 Å². The molecule has 0 aliphatic rings. The Morgan fingerprint density at radius 1 is 1.16 bits per heavy atom. The van der Waals surface area contributed by atoms with Crippen molar-refractivity contribution in [2.45, 2.75) is 6.18 Å². The quantitative estimate of drug-likeness (QED) is 0.520. The smallest absolute Gasteiger partial charge is 0.453 e. The summed E-state index contributed by atoms with van der Waals surface area (Å²) in [4.78, 5) is 4.47. The molecule has 0 saturated carbocycles. The van der Waals surface area contributed by atoms with Crippen LogP contribution in [-0.2, 0) is 6.18 Å². The molecule has 4 aromatic rings. The van der Waals surface area contributed by atoms with Gasteiger partial charge in [0.2, 0.25) is 4.96 Å². The minimum atomic E-state index is -4.64. The van der Waals surface area contributed by atoms with Gasteiger partial charge in [-0.05, 0) is 24.3 Å². The molecule has 25 heavy (non-hydrogen) atoms. The lowest BCUT2D eigenvalue weighted by Gasteiger charge is -2.07. The standard InChI is InChI=1S/C14H7ClF3N5OS/c1-24-9-5-3-7(15)6-2-4-8(19-10(6)9)11-22-23-12(14(16,17)18)20-21-13(23)25-11/h2-5H,1H3. The van der Waals surface area contributed by atoms with Crippen molar-refractivity contribution in [3.05, 3.63) is 35.1 Å². The van der Waals surface area contributed by atoms with E-state index < -0.39 is 12.0 Å². The number of nitrogens with zero attached hydrogens (tertiary/aromatic N) is 5. The second-order valence-corrected chi connectivity index (χ2v) is 6.33. The van der Waals surface area contributed by atoms with E-state index in [2.05, 4.69) is 20.3 Å². The van der Waals surface area contributed by atoms with Crippen molar-refractivity contribution in [2.75, 3.05) is 7.11 Å². The van der Waals surface area contributed by atoms with E-state index in [1.54, 1.807) is 24.3 Å². The molecular formula is C14H7ClF3N5OS. The molecule has 1 aromatic carbocycles. The number of hydrogen-bond acceptors (Lipinski definition) is 6. The van der Waals surface area contributed by atoms with E-state index in [-0.39, 0.29) is 9.97 Å². The molecule has 0 bridgehead atoms. The third-order valence-corrected chi connectivity index (χ3v) is 4.70. The fraction of sp³-hybridized carbons (Fsp3) is 0.143. The molecule has 11 heteroatoms. The summed E-state index contributed by atoms with van der Waals surface area (Å²) in [5, 5.41) is 12.0. The van der Waals surface area contributed by atoms with Crippen molar-refractivity contribution in [1.29, 1.82) is 0 Å². The Kier molecular flexibility index (Phi) is 3.55. The third-order valence-electron chi connectivity index (χ3n) is 3.45. The zero-order valence-corrected chi connectivity index (χ0v) is 13.9. The van der Waals surface area contributed by atoms with E-state index in [1.165, 1.54) is 7.11 Å². The lowest BCUT2D eigenvalue weighted by molar-refractivity contribution is -0.146. The summed E-state index contributed by atoms with van der Waals surface area (Å²) in [5.41, 5.74) is 0.881. The Morgan fingerprint density at radius 2 is 1.96 bits per heavy atom. The number of pyridine rings is 1. The first-order chi connectivity index (χ1) is 11.9.